The van der Waals surface area contributed by atoms with Gasteiger partial charge >= 0.3 is 0 Å². The second-order valence-corrected chi connectivity index (χ2v) is 7.70. The largest absolute Gasteiger partial charge is 0.283 e. The number of hydrogen-bond acceptors (Lipinski definition) is 7. The second kappa shape index (κ2) is 8.02. The van der Waals surface area contributed by atoms with Gasteiger partial charge in [0.1, 0.15) is 5.84 Å². The number of fused-ring (bicyclic) bond motifs is 1. The monoisotopic (exact) mass is 423 g/mol. The number of benzene rings is 2. The predicted octanol–water partition coefficient (Wildman–Crippen LogP) is 4.10. The van der Waals surface area contributed by atoms with E-state index in [4.69, 9.17) is 5.41 Å². The third kappa shape index (κ3) is 3.98. The van der Waals surface area contributed by atoms with Crippen LogP contribution in [-0.4, -0.2) is 31.9 Å². The van der Waals surface area contributed by atoms with Gasteiger partial charge in [0.25, 0.3) is 11.6 Å². The third-order valence-corrected chi connectivity index (χ3v) is 5.95. The van der Waals surface area contributed by atoms with Crippen LogP contribution in [0.4, 0.5) is 5.69 Å². The van der Waals surface area contributed by atoms with Crippen LogP contribution in [0.1, 0.15) is 11.1 Å². The van der Waals surface area contributed by atoms with Gasteiger partial charge in [0.05, 0.1) is 22.4 Å². The van der Waals surface area contributed by atoms with Gasteiger partial charge in [-0.25, -0.2) is 4.90 Å². The molecule has 0 aromatic heterocycles. The lowest BCUT2D eigenvalue weighted by atomic mass is 10.1. The highest BCUT2D eigenvalue weighted by molar-refractivity contribution is 8.18. The average molecular weight is 423 g/mol. The Kier molecular flexibility index (Phi) is 5.28. The Morgan fingerprint density at radius 1 is 1.17 bits per heavy atom. The quantitative estimate of drug-likeness (QED) is 0.343. The molecule has 2 aromatic rings. The molecule has 144 valence electrons. The fourth-order valence-electron chi connectivity index (χ4n) is 2.68. The molecule has 0 saturated heterocycles. The topological polar surface area (TPSA) is 112 Å². The van der Waals surface area contributed by atoms with Gasteiger partial charge in [-0.2, -0.15) is 9.39 Å². The van der Waals surface area contributed by atoms with Crippen molar-refractivity contribution in [3.8, 4) is 0 Å². The number of nitro groups is 1. The lowest BCUT2D eigenvalue weighted by Crippen LogP contribution is -2.41. The van der Waals surface area contributed by atoms with Crippen LogP contribution < -0.4 is 0 Å². The Hall–Kier alpha value is -3.24. The van der Waals surface area contributed by atoms with Crippen LogP contribution in [0.25, 0.3) is 6.08 Å². The first-order valence-corrected chi connectivity index (χ1v) is 10.2. The molecule has 1 N–H and O–H groups in total. The van der Waals surface area contributed by atoms with E-state index in [1.165, 1.54) is 42.1 Å². The summed E-state index contributed by atoms with van der Waals surface area (Å²) in [6.45, 7) is 0. The van der Waals surface area contributed by atoms with Gasteiger partial charge in [0.15, 0.2) is 5.17 Å². The Morgan fingerprint density at radius 2 is 1.90 bits per heavy atom. The molecule has 0 unspecified atom stereocenters. The van der Waals surface area contributed by atoms with E-state index >= 15 is 0 Å². The zero-order chi connectivity index (χ0) is 20.4. The maximum Gasteiger partial charge on any atom is 0.283 e. The Morgan fingerprint density at radius 3 is 2.59 bits per heavy atom. The number of rotatable bonds is 4. The van der Waals surface area contributed by atoms with Crippen molar-refractivity contribution in [3.05, 3.63) is 81.4 Å². The van der Waals surface area contributed by atoms with Crippen LogP contribution >= 0.6 is 23.7 Å². The van der Waals surface area contributed by atoms with Gasteiger partial charge in [0.2, 0.25) is 5.17 Å². The molecule has 0 radical (unpaired) electrons. The van der Waals surface area contributed by atoms with Gasteiger partial charge in [0, 0.05) is 17.9 Å². The van der Waals surface area contributed by atoms with E-state index in [1.54, 1.807) is 4.90 Å². The van der Waals surface area contributed by atoms with Crippen LogP contribution in [-0.2, 0) is 10.5 Å². The molecule has 0 fully saturated rings. The number of amides is 1. The zero-order valence-electron chi connectivity index (χ0n) is 14.8. The smallest absolute Gasteiger partial charge is 0.283 e. The highest BCUT2D eigenvalue weighted by Crippen LogP contribution is 2.33. The molecular formula is C19H13N5O3S2. The molecule has 0 aliphatic carbocycles. The fourth-order valence-corrected chi connectivity index (χ4v) is 4.48. The number of thioether (sulfide) groups is 1. The summed E-state index contributed by atoms with van der Waals surface area (Å²) in [4.78, 5) is 28.3. The highest BCUT2D eigenvalue weighted by Gasteiger charge is 2.37. The number of aliphatic imine (C=N–C) groups is 1. The number of nitrogens with zero attached hydrogens (tertiary/aromatic N) is 4. The number of amidine groups is 3. The van der Waals surface area contributed by atoms with Crippen LogP contribution in [0.5, 0.6) is 0 Å². The van der Waals surface area contributed by atoms with Crippen molar-refractivity contribution in [1.82, 2.24) is 4.90 Å². The molecule has 10 heteroatoms. The average Bonchev–Trinajstić information content (AvgIpc) is 3.13. The van der Waals surface area contributed by atoms with E-state index in [2.05, 4.69) is 9.39 Å². The Bertz CT molecular complexity index is 1090. The molecular weight excluding hydrogens is 410 g/mol. The van der Waals surface area contributed by atoms with Crippen molar-refractivity contribution < 1.29 is 9.72 Å². The molecule has 0 saturated carbocycles. The molecule has 1 amide bonds. The molecule has 4 rings (SSSR count). The fraction of sp³-hybridized carbons (Fsp3) is 0.0526. The molecule has 29 heavy (non-hydrogen) atoms. The number of nitro benzene ring substituents is 1. The number of carbonyl (C=O) groups excluding carboxylic acids is 1. The molecule has 2 aliphatic heterocycles. The first kappa shape index (κ1) is 19.1. The maximum atomic E-state index is 12.4. The Balaban J connectivity index is 1.56. The summed E-state index contributed by atoms with van der Waals surface area (Å²) in [5.41, 5.74) is 1.76. The predicted molar refractivity (Wildman–Crippen MR) is 116 cm³/mol. The van der Waals surface area contributed by atoms with E-state index in [0.29, 0.717) is 21.7 Å². The van der Waals surface area contributed by atoms with E-state index in [9.17, 15) is 14.9 Å². The summed E-state index contributed by atoms with van der Waals surface area (Å²) < 4.78 is 4.35. The lowest BCUT2D eigenvalue weighted by molar-refractivity contribution is -0.384. The second-order valence-electron chi connectivity index (χ2n) is 6.03. The number of carbonyl (C=O) groups is 1. The molecule has 2 aromatic carbocycles. The third-order valence-electron chi connectivity index (χ3n) is 4.12. The summed E-state index contributed by atoms with van der Waals surface area (Å²) in [5.74, 6) is 0.131. The van der Waals surface area contributed by atoms with Gasteiger partial charge in [-0.1, -0.05) is 42.1 Å². The van der Waals surface area contributed by atoms with Gasteiger partial charge in [-0.3, -0.25) is 20.3 Å². The van der Waals surface area contributed by atoms with Crippen LogP contribution in [0.2, 0.25) is 0 Å². The zero-order valence-corrected chi connectivity index (χ0v) is 16.4. The summed E-state index contributed by atoms with van der Waals surface area (Å²) in [6.07, 6.45) is 1.51. The normalized spacial score (nSPS) is 17.2. The Labute approximate surface area is 174 Å². The van der Waals surface area contributed by atoms with Crippen molar-refractivity contribution in [1.29, 1.82) is 5.41 Å². The van der Waals surface area contributed by atoms with Gasteiger partial charge in [-0.15, -0.1) is 0 Å². The van der Waals surface area contributed by atoms with E-state index in [0.717, 1.165) is 17.5 Å². The molecule has 2 heterocycles. The van der Waals surface area contributed by atoms with Crippen molar-refractivity contribution >= 4 is 57.6 Å². The first-order chi connectivity index (χ1) is 14.0. The van der Waals surface area contributed by atoms with Crippen LogP contribution in [0, 0.1) is 15.5 Å². The first-order valence-electron chi connectivity index (χ1n) is 8.43. The van der Waals surface area contributed by atoms with Crippen LogP contribution in [0.15, 0.2) is 69.6 Å². The van der Waals surface area contributed by atoms with Gasteiger partial charge in [-0.05, 0) is 29.3 Å². The molecule has 0 bridgehead atoms. The van der Waals surface area contributed by atoms with Crippen molar-refractivity contribution in [2.45, 2.75) is 5.75 Å². The summed E-state index contributed by atoms with van der Waals surface area (Å²) in [5, 5.41) is 20.3. The minimum absolute atomic E-state index is 0.0114. The maximum absolute atomic E-state index is 12.4. The number of non-ortho nitro benzene ring substituents is 1. The van der Waals surface area contributed by atoms with Crippen LogP contribution in [0.3, 0.4) is 0 Å². The van der Waals surface area contributed by atoms with Gasteiger partial charge < -0.3 is 0 Å². The lowest BCUT2D eigenvalue weighted by Gasteiger charge is -2.24. The van der Waals surface area contributed by atoms with Crippen molar-refractivity contribution in [2.24, 2.45) is 9.39 Å². The minimum atomic E-state index is -0.531. The minimum Gasteiger partial charge on any atom is -0.283 e. The summed E-state index contributed by atoms with van der Waals surface area (Å²) in [7, 11) is 0. The van der Waals surface area contributed by atoms with E-state index in [-0.39, 0.29) is 17.1 Å². The van der Waals surface area contributed by atoms with Crippen molar-refractivity contribution in [3.63, 3.8) is 0 Å². The summed E-state index contributed by atoms with van der Waals surface area (Å²) in [6, 6.07) is 15.7. The van der Waals surface area contributed by atoms with E-state index < -0.39 is 10.8 Å². The standard InChI is InChI=1S/C19H13N5O3S2/c20-16-15(10-12-6-8-14(9-7-12)24(26)27)17(25)21-18-23(16)19(22-29-18)28-11-13-4-2-1-3-5-13/h1-10,20H,11H2. The number of nitrogens with one attached hydrogen (secondary N) is 1. The summed E-state index contributed by atoms with van der Waals surface area (Å²) >= 11 is 2.53. The molecule has 0 spiro atoms. The number of hydrogen-bond donors (Lipinski definition) is 1. The van der Waals surface area contributed by atoms with Crippen molar-refractivity contribution in [2.75, 3.05) is 0 Å². The molecule has 8 nitrogen and oxygen atoms in total. The SMILES string of the molecule is N=C1C(=Cc2ccc([N+](=O)[O-])cc2)C(=O)N=C2SN=C(SCc3ccccc3)N12. The highest BCUT2D eigenvalue weighted by atomic mass is 32.2. The molecule has 2 aliphatic rings. The van der Waals surface area contributed by atoms with E-state index in [1.807, 2.05) is 30.3 Å². The molecule has 0 atom stereocenters.